The van der Waals surface area contributed by atoms with E-state index in [-0.39, 0.29) is 19.2 Å². The highest BCUT2D eigenvalue weighted by Crippen LogP contribution is 2.22. The van der Waals surface area contributed by atoms with E-state index >= 15 is 0 Å². The third-order valence-electron chi connectivity index (χ3n) is 3.94. The second-order valence-electron chi connectivity index (χ2n) is 7.90. The minimum absolute atomic E-state index is 0.181. The second kappa shape index (κ2) is 13.0. The zero-order chi connectivity index (χ0) is 20.2. The van der Waals surface area contributed by atoms with E-state index in [0.717, 1.165) is 31.0 Å². The van der Waals surface area contributed by atoms with Crippen LogP contribution in [-0.4, -0.2) is 61.9 Å². The molecule has 0 fully saturated rings. The average molecular weight is 423 g/mol. The predicted octanol–water partition coefficient (Wildman–Crippen LogP) is 2.92. The molecule has 6 nitrogen and oxygen atoms in total. The number of hydrogen-bond donors (Lipinski definition) is 2. The lowest BCUT2D eigenvalue weighted by Crippen LogP contribution is -2.46. The molecule has 2 N–H and O–H groups in total. The number of rotatable bonds is 15. The monoisotopic (exact) mass is 422 g/mol. The average Bonchev–Trinajstić information content (AvgIpc) is 2.54. The van der Waals surface area contributed by atoms with Crippen LogP contribution in [0, 0.1) is 0 Å². The van der Waals surface area contributed by atoms with Crippen LogP contribution >= 0.6 is 0 Å². The second-order valence-corrected chi connectivity index (χ2v) is 19.3. The van der Waals surface area contributed by atoms with Gasteiger partial charge in [0.2, 0.25) is 0 Å². The lowest BCUT2D eigenvalue weighted by atomic mass is 10.4. The summed E-state index contributed by atoms with van der Waals surface area (Å²) in [5.41, 5.74) is 0.404. The van der Waals surface area contributed by atoms with Crippen molar-refractivity contribution in [2.24, 2.45) is 0 Å². The minimum atomic E-state index is -1.91. The van der Waals surface area contributed by atoms with E-state index in [1.165, 1.54) is 0 Å². The molecule has 0 saturated carbocycles. The van der Waals surface area contributed by atoms with E-state index < -0.39 is 25.9 Å². The van der Waals surface area contributed by atoms with Gasteiger partial charge in [0.1, 0.15) is 0 Å². The Morgan fingerprint density at radius 1 is 0.962 bits per heavy atom. The van der Waals surface area contributed by atoms with Crippen LogP contribution in [0.15, 0.2) is 12.2 Å². The SMILES string of the molecule is C=C(C)C(=O)OCCC[SiH](O[Si](C)(C)CCCO)O[Si](C)(C)CCCO. The Balaban J connectivity index is 4.71. The van der Waals surface area contributed by atoms with Gasteiger partial charge in [-0.3, -0.25) is 0 Å². The van der Waals surface area contributed by atoms with Gasteiger partial charge < -0.3 is 23.2 Å². The van der Waals surface area contributed by atoms with Crippen LogP contribution in [-0.2, 0) is 17.8 Å². The Bertz CT molecular complexity index is 407. The molecule has 0 aromatic carbocycles. The number of carbonyl (C=O) groups excluding carboxylic acids is 1. The third-order valence-corrected chi connectivity index (χ3v) is 15.1. The van der Waals surface area contributed by atoms with Crippen LogP contribution in [0.5, 0.6) is 0 Å². The Morgan fingerprint density at radius 2 is 1.42 bits per heavy atom. The molecule has 0 amide bonds. The van der Waals surface area contributed by atoms with Gasteiger partial charge in [-0.1, -0.05) is 6.58 Å². The minimum Gasteiger partial charge on any atom is -0.462 e. The van der Waals surface area contributed by atoms with Gasteiger partial charge in [0.15, 0.2) is 16.6 Å². The molecule has 0 heterocycles. The first-order chi connectivity index (χ1) is 12.0. The number of carbonyl (C=O) groups is 1. The lowest BCUT2D eigenvalue weighted by Gasteiger charge is -2.34. The highest BCUT2D eigenvalue weighted by atomic mass is 28.4. The largest absolute Gasteiger partial charge is 0.462 e. The van der Waals surface area contributed by atoms with Crippen LogP contribution in [0.1, 0.15) is 26.2 Å². The number of aliphatic hydroxyl groups excluding tert-OH is 2. The van der Waals surface area contributed by atoms with Crippen LogP contribution in [0.4, 0.5) is 0 Å². The fourth-order valence-electron chi connectivity index (χ4n) is 2.52. The summed E-state index contributed by atoms with van der Waals surface area (Å²) < 4.78 is 18.1. The highest BCUT2D eigenvalue weighted by Gasteiger charge is 2.33. The Hall–Kier alpha value is -0.299. The Labute approximate surface area is 162 Å². The molecule has 0 atom stereocenters. The van der Waals surface area contributed by atoms with Gasteiger partial charge in [-0.05, 0) is 70.5 Å². The molecule has 0 aliphatic heterocycles. The molecule has 0 aromatic rings. The first kappa shape index (κ1) is 25.7. The maximum atomic E-state index is 11.5. The third kappa shape index (κ3) is 13.0. The molecule has 0 aliphatic rings. The zero-order valence-electron chi connectivity index (χ0n) is 17.2. The summed E-state index contributed by atoms with van der Waals surface area (Å²) in [5.74, 6) is -0.361. The van der Waals surface area contributed by atoms with Gasteiger partial charge in [-0.2, -0.15) is 0 Å². The van der Waals surface area contributed by atoms with Gasteiger partial charge in [-0.25, -0.2) is 4.79 Å². The van der Waals surface area contributed by atoms with Crippen LogP contribution in [0.3, 0.4) is 0 Å². The molecule has 9 heteroatoms. The fraction of sp³-hybridized carbons (Fsp3) is 0.824. The molecule has 0 spiro atoms. The zero-order valence-corrected chi connectivity index (χ0v) is 20.3. The van der Waals surface area contributed by atoms with Crippen molar-refractivity contribution in [1.29, 1.82) is 0 Å². The van der Waals surface area contributed by atoms with Gasteiger partial charge in [0.25, 0.3) is 0 Å². The van der Waals surface area contributed by atoms with E-state index in [2.05, 4.69) is 32.8 Å². The van der Waals surface area contributed by atoms with E-state index in [4.69, 9.17) is 23.2 Å². The molecular formula is C17H38O6Si3. The van der Waals surface area contributed by atoms with Crippen molar-refractivity contribution in [2.75, 3.05) is 19.8 Å². The Kier molecular flexibility index (Phi) is 12.8. The van der Waals surface area contributed by atoms with Crippen LogP contribution in [0.25, 0.3) is 0 Å². The summed E-state index contributed by atoms with van der Waals surface area (Å²) in [4.78, 5) is 11.5. The molecule has 0 rings (SSSR count). The molecule has 0 aromatic heterocycles. The van der Waals surface area contributed by atoms with E-state index in [0.29, 0.717) is 18.6 Å². The molecule has 0 aliphatic carbocycles. The molecular weight excluding hydrogens is 384 g/mol. The number of hydrogen-bond acceptors (Lipinski definition) is 6. The number of ether oxygens (including phenoxy) is 1. The van der Waals surface area contributed by atoms with Gasteiger partial charge in [0.05, 0.1) is 6.61 Å². The van der Waals surface area contributed by atoms with Gasteiger partial charge >= 0.3 is 15.3 Å². The number of aliphatic hydroxyl groups is 2. The van der Waals surface area contributed by atoms with Crippen molar-refractivity contribution in [3.8, 4) is 0 Å². The lowest BCUT2D eigenvalue weighted by molar-refractivity contribution is -0.138. The first-order valence-electron chi connectivity index (χ1n) is 9.43. The normalized spacial score (nSPS) is 12.5. The quantitative estimate of drug-likeness (QED) is 0.183. The van der Waals surface area contributed by atoms with Gasteiger partial charge in [0, 0.05) is 18.8 Å². The summed E-state index contributed by atoms with van der Waals surface area (Å²) >= 11 is 0. The smallest absolute Gasteiger partial charge is 0.333 e. The topological polar surface area (TPSA) is 85.2 Å². The summed E-state index contributed by atoms with van der Waals surface area (Å²) in [5, 5.41) is 18.2. The molecule has 0 unspecified atom stereocenters. The molecule has 0 bridgehead atoms. The van der Waals surface area contributed by atoms with Crippen molar-refractivity contribution in [3.63, 3.8) is 0 Å². The molecule has 154 valence electrons. The van der Waals surface area contributed by atoms with Crippen LogP contribution < -0.4 is 0 Å². The highest BCUT2D eigenvalue weighted by molar-refractivity contribution is 6.82. The summed E-state index contributed by atoms with van der Waals surface area (Å²) in [6.07, 6.45) is 2.22. The van der Waals surface area contributed by atoms with E-state index in [1.54, 1.807) is 6.92 Å². The molecule has 0 radical (unpaired) electrons. The van der Waals surface area contributed by atoms with E-state index in [1.807, 2.05) is 0 Å². The van der Waals surface area contributed by atoms with Crippen molar-refractivity contribution in [2.45, 2.75) is 70.5 Å². The van der Waals surface area contributed by atoms with Crippen molar-refractivity contribution in [3.05, 3.63) is 12.2 Å². The van der Waals surface area contributed by atoms with E-state index in [9.17, 15) is 4.79 Å². The maximum absolute atomic E-state index is 11.5. The standard InChI is InChI=1S/C17H38O6Si3/c1-16(2)17(20)21-12-9-13-24(22-25(3,4)14-7-10-18)23-26(5,6)15-8-11-19/h18-19,24H,1,7-15H2,2-6H3. The fourth-order valence-corrected chi connectivity index (χ4v) is 13.2. The molecule has 0 saturated heterocycles. The Morgan fingerprint density at radius 3 is 1.81 bits per heavy atom. The summed E-state index contributed by atoms with van der Waals surface area (Å²) in [7, 11) is -5.69. The van der Waals surface area contributed by atoms with Gasteiger partial charge in [-0.15, -0.1) is 0 Å². The first-order valence-corrected chi connectivity index (χ1v) is 17.4. The maximum Gasteiger partial charge on any atom is 0.333 e. The van der Waals surface area contributed by atoms with Crippen LogP contribution in [0.2, 0.25) is 44.3 Å². The number of esters is 1. The van der Waals surface area contributed by atoms with Crippen molar-refractivity contribution in [1.82, 2.24) is 0 Å². The molecule has 26 heavy (non-hydrogen) atoms. The summed E-state index contributed by atoms with van der Waals surface area (Å²) in [6.45, 7) is 14.6. The van der Waals surface area contributed by atoms with Crippen molar-refractivity contribution >= 4 is 31.9 Å². The predicted molar refractivity (Wildman–Crippen MR) is 112 cm³/mol. The summed E-state index contributed by atoms with van der Waals surface area (Å²) in [6, 6.07) is 2.59. The van der Waals surface area contributed by atoms with Crippen molar-refractivity contribution < 1.29 is 28.0 Å².